The minimum atomic E-state index is -0.0156. The van der Waals surface area contributed by atoms with Crippen LogP contribution in [0.4, 0.5) is 0 Å². The van der Waals surface area contributed by atoms with Crippen molar-refractivity contribution in [1.82, 2.24) is 4.57 Å². The summed E-state index contributed by atoms with van der Waals surface area (Å²) in [5.41, 5.74) is 1.82. The smallest absolute Gasteiger partial charge is 0.166 e. The summed E-state index contributed by atoms with van der Waals surface area (Å²) in [5.74, 6) is 0. The van der Waals surface area contributed by atoms with Crippen molar-refractivity contribution in [3.05, 3.63) is 59.9 Å². The average molecular weight is 248 g/mol. The van der Waals surface area contributed by atoms with Crippen LogP contribution >= 0.6 is 11.6 Å². The Morgan fingerprint density at radius 2 is 1.94 bits per heavy atom. The second kappa shape index (κ2) is 5.69. The van der Waals surface area contributed by atoms with Crippen LogP contribution in [0.1, 0.15) is 27.8 Å². The highest BCUT2D eigenvalue weighted by Crippen LogP contribution is 2.24. The molecule has 0 aliphatic heterocycles. The van der Waals surface area contributed by atoms with Crippen molar-refractivity contribution >= 4 is 17.9 Å². The number of rotatable bonds is 5. The Balaban J connectivity index is 1.97. The third-order valence-corrected chi connectivity index (χ3v) is 3.24. The number of aldehydes is 1. The summed E-state index contributed by atoms with van der Waals surface area (Å²) in [6.07, 6.45) is 3.57. The third-order valence-electron chi connectivity index (χ3n) is 2.77. The lowest BCUT2D eigenvalue weighted by Gasteiger charge is -2.11. The lowest BCUT2D eigenvalue weighted by Crippen LogP contribution is -2.03. The SMILES string of the molecule is O=Cc1cccn1CCC(Cl)c1ccccc1. The summed E-state index contributed by atoms with van der Waals surface area (Å²) in [6, 6.07) is 13.7. The molecule has 0 amide bonds. The molecule has 0 saturated heterocycles. The number of hydrogen-bond acceptors (Lipinski definition) is 1. The molecule has 2 rings (SSSR count). The molecule has 88 valence electrons. The van der Waals surface area contributed by atoms with Gasteiger partial charge in [0, 0.05) is 12.7 Å². The maximum Gasteiger partial charge on any atom is 0.166 e. The van der Waals surface area contributed by atoms with Gasteiger partial charge in [-0.05, 0) is 24.1 Å². The number of nitrogens with zero attached hydrogens (tertiary/aromatic N) is 1. The summed E-state index contributed by atoms with van der Waals surface area (Å²) in [7, 11) is 0. The molecule has 0 saturated carbocycles. The Bertz CT molecular complexity index is 478. The van der Waals surface area contributed by atoms with E-state index in [1.165, 1.54) is 0 Å². The second-order valence-electron chi connectivity index (χ2n) is 3.91. The van der Waals surface area contributed by atoms with Gasteiger partial charge >= 0.3 is 0 Å². The van der Waals surface area contributed by atoms with Crippen molar-refractivity contribution in [2.24, 2.45) is 0 Å². The Kier molecular flexibility index (Phi) is 3.99. The van der Waals surface area contributed by atoms with Gasteiger partial charge in [-0.1, -0.05) is 30.3 Å². The predicted octanol–water partition coefficient (Wildman–Crippen LogP) is 3.67. The number of aromatic nitrogens is 1. The molecule has 2 aromatic rings. The van der Waals surface area contributed by atoms with Gasteiger partial charge in [0.2, 0.25) is 0 Å². The van der Waals surface area contributed by atoms with Crippen molar-refractivity contribution < 1.29 is 4.79 Å². The molecular formula is C14H14ClNO. The summed E-state index contributed by atoms with van der Waals surface area (Å²) >= 11 is 6.32. The summed E-state index contributed by atoms with van der Waals surface area (Å²) in [6.45, 7) is 0.754. The molecule has 0 aliphatic rings. The van der Waals surface area contributed by atoms with Crippen molar-refractivity contribution in [3.63, 3.8) is 0 Å². The molecule has 3 heteroatoms. The first-order valence-electron chi connectivity index (χ1n) is 5.60. The zero-order valence-corrected chi connectivity index (χ0v) is 10.2. The van der Waals surface area contributed by atoms with Crippen LogP contribution < -0.4 is 0 Å². The topological polar surface area (TPSA) is 22.0 Å². The Labute approximate surface area is 106 Å². The van der Waals surface area contributed by atoms with E-state index in [-0.39, 0.29) is 5.38 Å². The standard InChI is InChI=1S/C14H14ClNO/c15-14(12-5-2-1-3-6-12)8-10-16-9-4-7-13(16)11-17/h1-7,9,11,14H,8,10H2. The van der Waals surface area contributed by atoms with Gasteiger partial charge in [0.05, 0.1) is 11.1 Å². The largest absolute Gasteiger partial charge is 0.345 e. The monoisotopic (exact) mass is 247 g/mol. The summed E-state index contributed by atoms with van der Waals surface area (Å²) in [4.78, 5) is 10.7. The van der Waals surface area contributed by atoms with E-state index in [2.05, 4.69) is 0 Å². The van der Waals surface area contributed by atoms with Gasteiger partial charge in [0.25, 0.3) is 0 Å². The fourth-order valence-corrected chi connectivity index (χ4v) is 2.06. The van der Waals surface area contributed by atoms with Gasteiger partial charge in [-0.2, -0.15) is 0 Å². The molecule has 17 heavy (non-hydrogen) atoms. The van der Waals surface area contributed by atoms with E-state index in [0.29, 0.717) is 5.69 Å². The first kappa shape index (κ1) is 11.9. The van der Waals surface area contributed by atoms with Crippen molar-refractivity contribution in [2.45, 2.75) is 18.3 Å². The quantitative estimate of drug-likeness (QED) is 0.584. The number of alkyl halides is 1. The van der Waals surface area contributed by atoms with E-state index in [1.54, 1.807) is 6.07 Å². The van der Waals surface area contributed by atoms with Crippen LogP contribution in [0.15, 0.2) is 48.7 Å². The Morgan fingerprint density at radius 3 is 2.65 bits per heavy atom. The highest BCUT2D eigenvalue weighted by molar-refractivity contribution is 6.20. The van der Waals surface area contributed by atoms with E-state index in [4.69, 9.17) is 11.6 Å². The van der Waals surface area contributed by atoms with E-state index < -0.39 is 0 Å². The molecule has 0 radical (unpaired) electrons. The van der Waals surface area contributed by atoms with Gasteiger partial charge in [0.1, 0.15) is 0 Å². The van der Waals surface area contributed by atoms with E-state index >= 15 is 0 Å². The fraction of sp³-hybridized carbons (Fsp3) is 0.214. The second-order valence-corrected chi connectivity index (χ2v) is 4.44. The zero-order valence-electron chi connectivity index (χ0n) is 9.42. The molecule has 1 aromatic carbocycles. The van der Waals surface area contributed by atoms with Crippen LogP contribution in [0.3, 0.4) is 0 Å². The van der Waals surface area contributed by atoms with Gasteiger partial charge < -0.3 is 4.57 Å². The summed E-state index contributed by atoms with van der Waals surface area (Å²) in [5, 5.41) is -0.0156. The van der Waals surface area contributed by atoms with Crippen LogP contribution in [0.2, 0.25) is 0 Å². The van der Waals surface area contributed by atoms with E-state index in [0.717, 1.165) is 24.8 Å². The molecule has 1 heterocycles. The van der Waals surface area contributed by atoms with Crippen molar-refractivity contribution in [2.75, 3.05) is 0 Å². The Morgan fingerprint density at radius 1 is 1.18 bits per heavy atom. The van der Waals surface area contributed by atoms with E-state index in [9.17, 15) is 4.79 Å². The number of carbonyl (C=O) groups is 1. The lowest BCUT2D eigenvalue weighted by molar-refractivity contribution is 0.111. The van der Waals surface area contributed by atoms with Gasteiger partial charge in [-0.15, -0.1) is 11.6 Å². The van der Waals surface area contributed by atoms with Crippen LogP contribution in [0.25, 0.3) is 0 Å². The maximum atomic E-state index is 10.7. The van der Waals surface area contributed by atoms with Crippen molar-refractivity contribution in [1.29, 1.82) is 0 Å². The number of carbonyl (C=O) groups excluding carboxylic acids is 1. The van der Waals surface area contributed by atoms with Crippen LogP contribution in [0, 0.1) is 0 Å². The Hall–Kier alpha value is -1.54. The minimum Gasteiger partial charge on any atom is -0.345 e. The maximum absolute atomic E-state index is 10.7. The van der Waals surface area contributed by atoms with E-state index in [1.807, 2.05) is 47.2 Å². The van der Waals surface area contributed by atoms with Crippen molar-refractivity contribution in [3.8, 4) is 0 Å². The predicted molar refractivity (Wildman–Crippen MR) is 69.5 cm³/mol. The first-order chi connectivity index (χ1) is 8.31. The molecule has 0 bridgehead atoms. The average Bonchev–Trinajstić information content (AvgIpc) is 2.84. The highest BCUT2D eigenvalue weighted by atomic mass is 35.5. The first-order valence-corrected chi connectivity index (χ1v) is 6.04. The lowest BCUT2D eigenvalue weighted by atomic mass is 10.1. The highest BCUT2D eigenvalue weighted by Gasteiger charge is 2.08. The number of aryl methyl sites for hydroxylation is 1. The number of halogens is 1. The fourth-order valence-electron chi connectivity index (χ4n) is 1.82. The normalized spacial score (nSPS) is 12.3. The molecule has 2 nitrogen and oxygen atoms in total. The molecule has 1 unspecified atom stereocenters. The minimum absolute atomic E-state index is 0.0156. The zero-order chi connectivity index (χ0) is 12.1. The molecule has 1 aromatic heterocycles. The molecule has 1 atom stereocenters. The number of benzene rings is 1. The summed E-state index contributed by atoms with van der Waals surface area (Å²) < 4.78 is 1.92. The van der Waals surface area contributed by atoms with Crippen LogP contribution in [0.5, 0.6) is 0 Å². The van der Waals surface area contributed by atoms with Crippen LogP contribution in [-0.2, 0) is 6.54 Å². The third kappa shape index (κ3) is 2.98. The van der Waals surface area contributed by atoms with Gasteiger partial charge in [-0.25, -0.2) is 0 Å². The number of hydrogen-bond donors (Lipinski definition) is 0. The van der Waals surface area contributed by atoms with Gasteiger partial charge in [-0.3, -0.25) is 4.79 Å². The molecule has 0 N–H and O–H groups in total. The molecule has 0 aliphatic carbocycles. The van der Waals surface area contributed by atoms with Crippen LogP contribution in [-0.4, -0.2) is 10.9 Å². The molecule has 0 fully saturated rings. The molecule has 0 spiro atoms. The molecular weight excluding hydrogens is 234 g/mol. The van der Waals surface area contributed by atoms with Gasteiger partial charge in [0.15, 0.2) is 6.29 Å².